The Morgan fingerprint density at radius 2 is 1.75 bits per heavy atom. The molecule has 0 spiro atoms. The number of rotatable bonds is 6. The molecule has 5 rings (SSSR count). The fraction of sp³-hybridized carbons (Fsp3) is 0.333. The maximum absolute atomic E-state index is 12.4. The van der Waals surface area contributed by atoms with E-state index in [0.29, 0.717) is 17.7 Å². The highest BCUT2D eigenvalue weighted by molar-refractivity contribution is 5.58. The van der Waals surface area contributed by atoms with Crippen molar-refractivity contribution in [3.05, 3.63) is 60.2 Å². The fourth-order valence-electron chi connectivity index (χ4n) is 3.98. The van der Waals surface area contributed by atoms with E-state index in [9.17, 15) is 13.2 Å². The number of ether oxygens (including phenoxy) is 1. The zero-order chi connectivity index (χ0) is 25.3. The van der Waals surface area contributed by atoms with Crippen LogP contribution in [0.5, 0.6) is 5.75 Å². The van der Waals surface area contributed by atoms with Gasteiger partial charge in [-0.15, -0.1) is 13.2 Å². The van der Waals surface area contributed by atoms with Gasteiger partial charge in [-0.1, -0.05) is 5.16 Å². The van der Waals surface area contributed by atoms with Crippen molar-refractivity contribution in [2.75, 3.05) is 38.1 Å². The van der Waals surface area contributed by atoms with Crippen LogP contribution < -0.4 is 9.64 Å². The first-order valence-electron chi connectivity index (χ1n) is 11.3. The van der Waals surface area contributed by atoms with Crippen LogP contribution >= 0.6 is 0 Å². The van der Waals surface area contributed by atoms with Gasteiger partial charge >= 0.3 is 6.36 Å². The number of hydrogen-bond acceptors (Lipinski definition) is 8. The van der Waals surface area contributed by atoms with Crippen LogP contribution in [0.1, 0.15) is 11.4 Å². The van der Waals surface area contributed by atoms with Crippen molar-refractivity contribution >= 4 is 5.82 Å². The van der Waals surface area contributed by atoms with E-state index in [2.05, 4.69) is 47.8 Å². The van der Waals surface area contributed by atoms with E-state index in [4.69, 9.17) is 4.52 Å². The first-order valence-corrected chi connectivity index (χ1v) is 11.3. The first kappa shape index (κ1) is 23.8. The highest BCUT2D eigenvalue weighted by Crippen LogP contribution is 2.27. The molecule has 0 atom stereocenters. The number of halogens is 3. The van der Waals surface area contributed by atoms with Gasteiger partial charge in [-0.3, -0.25) is 0 Å². The smallest absolute Gasteiger partial charge is 0.406 e. The standard InChI is InChI=1S/C24H24F3N7O2/c1-32-9-11-34(12-10-32)20-13-16(7-8-28-20)14-21-29-19(15-33(21)2)23-30-22(31-36-23)17-3-5-18(6-4-17)35-24(25,26)27/h3-8,13,15H,9-12,14H2,1-2H3. The van der Waals surface area contributed by atoms with E-state index < -0.39 is 6.36 Å². The number of nitrogens with zero attached hydrogens (tertiary/aromatic N) is 7. The van der Waals surface area contributed by atoms with Crippen LogP contribution in [0.3, 0.4) is 0 Å². The molecule has 1 aromatic carbocycles. The van der Waals surface area contributed by atoms with Gasteiger partial charge in [0.1, 0.15) is 23.1 Å². The second-order valence-corrected chi connectivity index (χ2v) is 8.64. The lowest BCUT2D eigenvalue weighted by Crippen LogP contribution is -2.44. The van der Waals surface area contributed by atoms with E-state index in [-0.39, 0.29) is 17.5 Å². The molecule has 1 aliphatic rings. The molecule has 3 aromatic heterocycles. The number of hydrogen-bond donors (Lipinski definition) is 0. The van der Waals surface area contributed by atoms with E-state index in [1.165, 1.54) is 24.3 Å². The molecule has 188 valence electrons. The Morgan fingerprint density at radius 1 is 1.00 bits per heavy atom. The van der Waals surface area contributed by atoms with Crippen LogP contribution in [0, 0.1) is 0 Å². The predicted molar refractivity (Wildman–Crippen MR) is 125 cm³/mol. The number of aryl methyl sites for hydroxylation is 1. The topological polar surface area (TPSA) is 85.3 Å². The zero-order valence-electron chi connectivity index (χ0n) is 19.7. The number of benzene rings is 1. The summed E-state index contributed by atoms with van der Waals surface area (Å²) in [5.41, 5.74) is 2.09. The summed E-state index contributed by atoms with van der Waals surface area (Å²) in [6.07, 6.45) is -0.529. The Kier molecular flexibility index (Phi) is 6.35. The van der Waals surface area contributed by atoms with Crippen LogP contribution in [-0.2, 0) is 13.5 Å². The van der Waals surface area contributed by atoms with Crippen LogP contribution in [-0.4, -0.2) is 69.2 Å². The van der Waals surface area contributed by atoms with Crippen molar-refractivity contribution in [1.82, 2.24) is 29.6 Å². The van der Waals surface area contributed by atoms with Gasteiger partial charge in [0, 0.05) is 57.6 Å². The highest BCUT2D eigenvalue weighted by atomic mass is 19.4. The molecule has 36 heavy (non-hydrogen) atoms. The van der Waals surface area contributed by atoms with Gasteiger partial charge in [-0.05, 0) is 49.0 Å². The van der Waals surface area contributed by atoms with Gasteiger partial charge < -0.3 is 23.6 Å². The SMILES string of the molecule is CN1CCN(c2cc(Cc3nc(-c4nc(-c5ccc(OC(F)(F)F)cc5)no4)cn3C)ccn2)CC1. The number of pyridine rings is 1. The van der Waals surface area contributed by atoms with Crippen molar-refractivity contribution in [2.45, 2.75) is 12.8 Å². The monoisotopic (exact) mass is 499 g/mol. The molecule has 1 saturated heterocycles. The van der Waals surface area contributed by atoms with Crippen molar-refractivity contribution in [3.63, 3.8) is 0 Å². The summed E-state index contributed by atoms with van der Waals surface area (Å²) in [6.45, 7) is 3.90. The third-order valence-electron chi connectivity index (χ3n) is 5.96. The van der Waals surface area contributed by atoms with Crippen molar-refractivity contribution in [3.8, 4) is 28.7 Å². The molecule has 0 amide bonds. The molecule has 9 nitrogen and oxygen atoms in total. The first-order chi connectivity index (χ1) is 17.2. The minimum absolute atomic E-state index is 0.218. The summed E-state index contributed by atoms with van der Waals surface area (Å²) < 4.78 is 48.3. The summed E-state index contributed by atoms with van der Waals surface area (Å²) in [4.78, 5) is 18.2. The Morgan fingerprint density at radius 3 is 2.47 bits per heavy atom. The van der Waals surface area contributed by atoms with Gasteiger partial charge in [0.15, 0.2) is 0 Å². The summed E-state index contributed by atoms with van der Waals surface area (Å²) in [7, 11) is 4.01. The van der Waals surface area contributed by atoms with Gasteiger partial charge in [0.05, 0.1) is 0 Å². The highest BCUT2D eigenvalue weighted by Gasteiger charge is 2.31. The molecule has 0 unspecified atom stereocenters. The van der Waals surface area contributed by atoms with Crippen LogP contribution in [0.4, 0.5) is 19.0 Å². The maximum atomic E-state index is 12.4. The molecule has 1 aliphatic heterocycles. The largest absolute Gasteiger partial charge is 0.573 e. The number of imidazole rings is 1. The molecule has 0 bridgehead atoms. The average Bonchev–Trinajstić information content (AvgIpc) is 3.47. The molecular weight excluding hydrogens is 475 g/mol. The van der Waals surface area contributed by atoms with E-state index in [1.807, 2.05) is 23.9 Å². The lowest BCUT2D eigenvalue weighted by molar-refractivity contribution is -0.274. The normalized spacial score (nSPS) is 14.9. The molecule has 0 radical (unpaired) electrons. The molecule has 4 heterocycles. The van der Waals surface area contributed by atoms with Crippen molar-refractivity contribution in [2.24, 2.45) is 7.05 Å². The summed E-state index contributed by atoms with van der Waals surface area (Å²) in [6, 6.07) is 9.33. The van der Waals surface area contributed by atoms with Crippen LogP contribution in [0.2, 0.25) is 0 Å². The maximum Gasteiger partial charge on any atom is 0.573 e. The molecule has 1 fully saturated rings. The minimum Gasteiger partial charge on any atom is -0.406 e. The molecule has 12 heteroatoms. The molecular formula is C24H24F3N7O2. The third kappa shape index (κ3) is 5.48. The Hall–Kier alpha value is -3.93. The van der Waals surface area contributed by atoms with E-state index in [0.717, 1.165) is 43.4 Å². The number of anilines is 1. The summed E-state index contributed by atoms with van der Waals surface area (Å²) in [5.74, 6) is 1.91. The summed E-state index contributed by atoms with van der Waals surface area (Å²) in [5, 5.41) is 3.94. The van der Waals surface area contributed by atoms with Crippen molar-refractivity contribution in [1.29, 1.82) is 0 Å². The van der Waals surface area contributed by atoms with Crippen LogP contribution in [0.25, 0.3) is 23.0 Å². The van der Waals surface area contributed by atoms with Gasteiger partial charge in [-0.25, -0.2) is 9.97 Å². The molecule has 0 saturated carbocycles. The Bertz CT molecular complexity index is 1330. The number of likely N-dealkylation sites (N-methyl/N-ethyl adjacent to an activating group) is 1. The zero-order valence-corrected chi connectivity index (χ0v) is 19.7. The minimum atomic E-state index is -4.75. The van der Waals surface area contributed by atoms with Crippen LogP contribution in [0.15, 0.2) is 53.3 Å². The molecule has 4 aromatic rings. The van der Waals surface area contributed by atoms with E-state index >= 15 is 0 Å². The second-order valence-electron chi connectivity index (χ2n) is 8.64. The van der Waals surface area contributed by atoms with Crippen molar-refractivity contribution < 1.29 is 22.4 Å². The average molecular weight is 499 g/mol. The van der Waals surface area contributed by atoms with Gasteiger partial charge in [0.2, 0.25) is 5.82 Å². The Balaban J connectivity index is 1.29. The van der Waals surface area contributed by atoms with Gasteiger partial charge in [0.25, 0.3) is 5.89 Å². The quantitative estimate of drug-likeness (QED) is 0.396. The fourth-order valence-corrected chi connectivity index (χ4v) is 3.98. The summed E-state index contributed by atoms with van der Waals surface area (Å²) >= 11 is 0. The number of alkyl halides is 3. The number of piperazine rings is 1. The molecule has 0 N–H and O–H groups in total. The Labute approximate surface area is 205 Å². The second kappa shape index (κ2) is 9.61. The lowest BCUT2D eigenvalue weighted by atomic mass is 10.1. The van der Waals surface area contributed by atoms with E-state index in [1.54, 1.807) is 6.20 Å². The predicted octanol–water partition coefficient (Wildman–Crippen LogP) is 3.77. The third-order valence-corrected chi connectivity index (χ3v) is 5.96. The van der Waals surface area contributed by atoms with Gasteiger partial charge in [-0.2, -0.15) is 4.98 Å². The molecule has 0 aliphatic carbocycles. The lowest BCUT2D eigenvalue weighted by Gasteiger charge is -2.33. The number of aromatic nitrogens is 5.